The molecule has 1 saturated carbocycles. The third kappa shape index (κ3) is 5.94. The Morgan fingerprint density at radius 3 is 2.78 bits per heavy atom. The quantitative estimate of drug-likeness (QED) is 0.759. The summed E-state index contributed by atoms with van der Waals surface area (Å²) in [4.78, 5) is 11.7. The van der Waals surface area contributed by atoms with E-state index in [0.29, 0.717) is 13.2 Å². The number of para-hydroxylation sites is 1. The van der Waals surface area contributed by atoms with E-state index in [1.54, 1.807) is 6.08 Å². The maximum absolute atomic E-state index is 11.7. The van der Waals surface area contributed by atoms with Crippen LogP contribution in [0.1, 0.15) is 32.8 Å². The average Bonchev–Trinajstić information content (AvgIpc) is 3.19. The van der Waals surface area contributed by atoms with Crippen LogP contribution in [-0.4, -0.2) is 30.4 Å². The van der Waals surface area contributed by atoms with E-state index >= 15 is 0 Å². The lowest BCUT2D eigenvalue weighted by Gasteiger charge is -2.19. The average molecular weight is 318 g/mol. The molecule has 5 nitrogen and oxygen atoms in total. The molecule has 2 atom stereocenters. The van der Waals surface area contributed by atoms with Crippen LogP contribution in [0.25, 0.3) is 0 Å². The van der Waals surface area contributed by atoms with E-state index in [1.165, 1.54) is 0 Å². The molecule has 0 aliphatic heterocycles. The van der Waals surface area contributed by atoms with Crippen molar-refractivity contribution in [1.82, 2.24) is 10.6 Å². The van der Waals surface area contributed by atoms with E-state index in [1.807, 2.05) is 45.0 Å². The molecule has 0 aromatic heterocycles. The number of benzene rings is 1. The molecular weight excluding hydrogens is 292 g/mol. The zero-order valence-corrected chi connectivity index (χ0v) is 14.1. The van der Waals surface area contributed by atoms with Crippen LogP contribution in [0.5, 0.6) is 5.75 Å². The third-order valence-electron chi connectivity index (χ3n) is 3.38. The van der Waals surface area contributed by atoms with Gasteiger partial charge >= 0.3 is 6.09 Å². The van der Waals surface area contributed by atoms with Crippen LogP contribution >= 0.6 is 0 Å². The summed E-state index contributed by atoms with van der Waals surface area (Å²) >= 11 is 0. The summed E-state index contributed by atoms with van der Waals surface area (Å²) in [5, 5.41) is 6.31. The summed E-state index contributed by atoms with van der Waals surface area (Å²) in [6.07, 6.45) is 2.28. The second-order valence-corrected chi connectivity index (χ2v) is 6.68. The van der Waals surface area contributed by atoms with Crippen LogP contribution in [0.3, 0.4) is 0 Å². The zero-order valence-electron chi connectivity index (χ0n) is 14.1. The topological polar surface area (TPSA) is 59.6 Å². The Labute approximate surface area is 138 Å². The standard InChI is InChI=1S/C18H26N2O3/c1-5-10-22-16-9-7-6-8-13(16)12-19-14-11-15(14)20-17(21)23-18(2,3)4/h5-9,14-15,19H,1,10-12H2,2-4H3,(H,20,21). The lowest BCUT2D eigenvalue weighted by Crippen LogP contribution is -2.36. The second kappa shape index (κ2) is 7.51. The van der Waals surface area contributed by atoms with Crippen LogP contribution in [-0.2, 0) is 11.3 Å². The molecule has 1 aliphatic carbocycles. The maximum atomic E-state index is 11.7. The zero-order chi connectivity index (χ0) is 16.9. The van der Waals surface area contributed by atoms with Crippen LogP contribution in [0.15, 0.2) is 36.9 Å². The number of alkyl carbamates (subject to hydrolysis) is 1. The van der Waals surface area contributed by atoms with Crippen LogP contribution < -0.4 is 15.4 Å². The Kier molecular flexibility index (Phi) is 5.66. The summed E-state index contributed by atoms with van der Waals surface area (Å²) in [5.74, 6) is 0.859. The van der Waals surface area contributed by atoms with Gasteiger partial charge in [-0.1, -0.05) is 30.9 Å². The number of carbonyl (C=O) groups excluding carboxylic acids is 1. The van der Waals surface area contributed by atoms with Gasteiger partial charge in [0.15, 0.2) is 0 Å². The van der Waals surface area contributed by atoms with Gasteiger partial charge < -0.3 is 20.1 Å². The van der Waals surface area contributed by atoms with Gasteiger partial charge in [0.1, 0.15) is 18.0 Å². The summed E-state index contributed by atoms with van der Waals surface area (Å²) in [6.45, 7) is 10.4. The highest BCUT2D eigenvalue weighted by Crippen LogP contribution is 2.24. The number of carbonyl (C=O) groups is 1. The van der Waals surface area contributed by atoms with Crippen molar-refractivity contribution in [1.29, 1.82) is 0 Å². The number of hydrogen-bond acceptors (Lipinski definition) is 4. The summed E-state index contributed by atoms with van der Waals surface area (Å²) < 4.78 is 10.9. The minimum atomic E-state index is -0.469. The maximum Gasteiger partial charge on any atom is 0.407 e. The largest absolute Gasteiger partial charge is 0.489 e. The summed E-state index contributed by atoms with van der Waals surface area (Å²) in [5.41, 5.74) is 0.626. The molecule has 126 valence electrons. The lowest BCUT2D eigenvalue weighted by atomic mass is 10.2. The fourth-order valence-electron chi connectivity index (χ4n) is 2.22. The fraction of sp³-hybridized carbons (Fsp3) is 0.500. The van der Waals surface area contributed by atoms with Gasteiger partial charge in [-0.15, -0.1) is 0 Å². The molecule has 0 saturated heterocycles. The normalized spacial score (nSPS) is 19.8. The first kappa shape index (κ1) is 17.3. The van der Waals surface area contributed by atoms with Gasteiger partial charge in [0.05, 0.1) is 0 Å². The number of nitrogens with one attached hydrogen (secondary N) is 2. The molecule has 1 aromatic rings. The van der Waals surface area contributed by atoms with Crippen molar-refractivity contribution in [2.24, 2.45) is 0 Å². The van der Waals surface area contributed by atoms with Gasteiger partial charge in [-0.3, -0.25) is 0 Å². The Bertz CT molecular complexity index is 551. The van der Waals surface area contributed by atoms with E-state index < -0.39 is 5.60 Å². The van der Waals surface area contributed by atoms with E-state index in [9.17, 15) is 4.79 Å². The molecule has 2 N–H and O–H groups in total. The van der Waals surface area contributed by atoms with Crippen LogP contribution in [0.4, 0.5) is 4.79 Å². The molecule has 1 aromatic carbocycles. The van der Waals surface area contributed by atoms with E-state index in [2.05, 4.69) is 17.2 Å². The van der Waals surface area contributed by atoms with Gasteiger partial charge in [0.2, 0.25) is 0 Å². The highest BCUT2D eigenvalue weighted by Gasteiger charge is 2.38. The first-order chi connectivity index (χ1) is 10.9. The van der Waals surface area contributed by atoms with Gasteiger partial charge in [0, 0.05) is 24.2 Å². The first-order valence-electron chi connectivity index (χ1n) is 7.93. The van der Waals surface area contributed by atoms with E-state index in [-0.39, 0.29) is 18.2 Å². The first-order valence-corrected chi connectivity index (χ1v) is 7.93. The molecule has 1 amide bonds. The van der Waals surface area contributed by atoms with Crippen molar-refractivity contribution in [2.75, 3.05) is 6.61 Å². The van der Waals surface area contributed by atoms with E-state index in [0.717, 1.165) is 17.7 Å². The van der Waals surface area contributed by atoms with Crippen molar-refractivity contribution in [3.63, 3.8) is 0 Å². The number of hydrogen-bond donors (Lipinski definition) is 2. The molecule has 1 fully saturated rings. The van der Waals surface area contributed by atoms with Crippen molar-refractivity contribution in [3.8, 4) is 5.75 Å². The highest BCUT2D eigenvalue weighted by molar-refractivity contribution is 5.68. The van der Waals surface area contributed by atoms with Crippen molar-refractivity contribution >= 4 is 6.09 Å². The Balaban J connectivity index is 1.76. The summed E-state index contributed by atoms with van der Waals surface area (Å²) in [7, 11) is 0. The van der Waals surface area contributed by atoms with Gasteiger partial charge in [-0.2, -0.15) is 0 Å². The molecule has 0 radical (unpaired) electrons. The second-order valence-electron chi connectivity index (χ2n) is 6.68. The molecule has 0 bridgehead atoms. The minimum absolute atomic E-state index is 0.131. The minimum Gasteiger partial charge on any atom is -0.489 e. The predicted molar refractivity (Wildman–Crippen MR) is 90.5 cm³/mol. The number of rotatable bonds is 7. The lowest BCUT2D eigenvalue weighted by molar-refractivity contribution is 0.0522. The highest BCUT2D eigenvalue weighted by atomic mass is 16.6. The Morgan fingerprint density at radius 2 is 2.09 bits per heavy atom. The molecule has 5 heteroatoms. The molecule has 2 unspecified atom stereocenters. The molecule has 0 spiro atoms. The number of amides is 1. The third-order valence-corrected chi connectivity index (χ3v) is 3.38. The van der Waals surface area contributed by atoms with Gasteiger partial charge in [-0.25, -0.2) is 4.79 Å². The Morgan fingerprint density at radius 1 is 1.35 bits per heavy atom. The van der Waals surface area contributed by atoms with Crippen molar-refractivity contribution in [2.45, 2.75) is 51.4 Å². The van der Waals surface area contributed by atoms with Crippen molar-refractivity contribution in [3.05, 3.63) is 42.5 Å². The molecule has 2 rings (SSSR count). The van der Waals surface area contributed by atoms with Crippen LogP contribution in [0.2, 0.25) is 0 Å². The van der Waals surface area contributed by atoms with Gasteiger partial charge in [-0.05, 0) is 33.3 Å². The van der Waals surface area contributed by atoms with Crippen LogP contribution in [0, 0.1) is 0 Å². The molecular formula is C18H26N2O3. The predicted octanol–water partition coefficient (Wildman–Crippen LogP) is 3.01. The van der Waals surface area contributed by atoms with E-state index in [4.69, 9.17) is 9.47 Å². The molecule has 23 heavy (non-hydrogen) atoms. The summed E-state index contributed by atoms with van der Waals surface area (Å²) in [6, 6.07) is 8.32. The number of ether oxygens (including phenoxy) is 2. The SMILES string of the molecule is C=CCOc1ccccc1CNC1CC1NC(=O)OC(C)(C)C. The smallest absolute Gasteiger partial charge is 0.407 e. The molecule has 1 aliphatic rings. The Hall–Kier alpha value is -2.01. The van der Waals surface area contributed by atoms with Gasteiger partial charge in [0.25, 0.3) is 0 Å². The fourth-order valence-corrected chi connectivity index (χ4v) is 2.22. The monoisotopic (exact) mass is 318 g/mol. The van der Waals surface area contributed by atoms with Crippen molar-refractivity contribution < 1.29 is 14.3 Å². The molecule has 0 heterocycles.